The summed E-state index contributed by atoms with van der Waals surface area (Å²) in [5, 5.41) is 5.57. The third-order valence-corrected chi connectivity index (χ3v) is 6.97. The van der Waals surface area contributed by atoms with E-state index in [1.165, 1.54) is 0 Å². The quantitative estimate of drug-likeness (QED) is 0.311. The van der Waals surface area contributed by atoms with Crippen LogP contribution >= 0.6 is 35.4 Å². The van der Waals surface area contributed by atoms with Gasteiger partial charge in [-0.3, -0.25) is 4.98 Å². The summed E-state index contributed by atoms with van der Waals surface area (Å²) in [6.07, 6.45) is 1.81. The molecule has 33 heavy (non-hydrogen) atoms. The van der Waals surface area contributed by atoms with Gasteiger partial charge in [0, 0.05) is 28.3 Å². The summed E-state index contributed by atoms with van der Waals surface area (Å²) >= 11 is 18.6. The highest BCUT2D eigenvalue weighted by atomic mass is 35.5. The summed E-state index contributed by atoms with van der Waals surface area (Å²) in [4.78, 5) is 6.80. The first-order valence-electron chi connectivity index (χ1n) is 10.7. The summed E-state index contributed by atoms with van der Waals surface area (Å²) in [6, 6.07) is 23.6. The molecule has 0 radical (unpaired) electrons. The van der Waals surface area contributed by atoms with Gasteiger partial charge in [0.15, 0.2) is 5.11 Å². The molecule has 4 aromatic rings. The molecule has 5 rings (SSSR count). The normalized spacial score (nSPS) is 17.9. The van der Waals surface area contributed by atoms with Gasteiger partial charge in [0.2, 0.25) is 0 Å². The fourth-order valence-corrected chi connectivity index (χ4v) is 5.33. The van der Waals surface area contributed by atoms with Gasteiger partial charge in [-0.05, 0) is 86.2 Å². The average molecular weight is 493 g/mol. The largest absolute Gasteiger partial charge is 0.351 e. The number of para-hydroxylation sites is 1. The molecule has 0 amide bonds. The van der Waals surface area contributed by atoms with Crippen LogP contribution in [0.3, 0.4) is 0 Å². The number of pyridine rings is 1. The minimum atomic E-state index is -0.116. The van der Waals surface area contributed by atoms with Gasteiger partial charge in [0.1, 0.15) is 0 Å². The lowest BCUT2D eigenvalue weighted by Crippen LogP contribution is -2.29. The number of hydrogen-bond donors (Lipinski definition) is 1. The van der Waals surface area contributed by atoms with Crippen LogP contribution < -0.4 is 10.2 Å². The predicted octanol–water partition coefficient (Wildman–Crippen LogP) is 6.97. The van der Waals surface area contributed by atoms with Gasteiger partial charge in [0.05, 0.1) is 28.5 Å². The zero-order chi connectivity index (χ0) is 23.1. The number of nitrogens with one attached hydrogen (secondary N) is 1. The molecule has 0 aliphatic carbocycles. The maximum Gasteiger partial charge on any atom is 0.174 e. The van der Waals surface area contributed by atoms with Crippen LogP contribution in [0.4, 0.5) is 5.69 Å². The van der Waals surface area contributed by atoms with Crippen molar-refractivity contribution in [2.24, 2.45) is 0 Å². The number of aryl methyl sites for hydroxylation is 1. The van der Waals surface area contributed by atoms with E-state index in [-0.39, 0.29) is 12.1 Å². The van der Waals surface area contributed by atoms with E-state index < -0.39 is 0 Å². The maximum atomic E-state index is 6.57. The van der Waals surface area contributed by atoms with Crippen molar-refractivity contribution in [1.29, 1.82) is 0 Å². The van der Waals surface area contributed by atoms with Crippen LogP contribution in [0.25, 0.3) is 5.69 Å². The molecule has 1 aliphatic heterocycles. The van der Waals surface area contributed by atoms with E-state index >= 15 is 0 Å². The highest BCUT2D eigenvalue weighted by Crippen LogP contribution is 2.44. The lowest BCUT2D eigenvalue weighted by Gasteiger charge is -2.28. The molecule has 4 nitrogen and oxygen atoms in total. The molecule has 7 heteroatoms. The van der Waals surface area contributed by atoms with Crippen molar-refractivity contribution in [3.8, 4) is 5.69 Å². The number of nitrogens with zero attached hydrogens (tertiary/aromatic N) is 3. The fraction of sp³-hybridized carbons (Fsp3) is 0.154. The Morgan fingerprint density at radius 2 is 1.67 bits per heavy atom. The van der Waals surface area contributed by atoms with E-state index in [9.17, 15) is 0 Å². The first-order chi connectivity index (χ1) is 16.0. The van der Waals surface area contributed by atoms with Crippen LogP contribution in [0.5, 0.6) is 0 Å². The Hall–Kier alpha value is -2.86. The average Bonchev–Trinajstić information content (AvgIpc) is 3.31. The van der Waals surface area contributed by atoms with Crippen LogP contribution in [0.1, 0.15) is 34.7 Å². The van der Waals surface area contributed by atoms with E-state index in [0.29, 0.717) is 15.2 Å². The molecule has 3 heterocycles. The van der Waals surface area contributed by atoms with Gasteiger partial charge >= 0.3 is 0 Å². The first-order valence-corrected chi connectivity index (χ1v) is 11.8. The highest BCUT2D eigenvalue weighted by Gasteiger charge is 2.42. The molecule has 1 fully saturated rings. The molecule has 0 bridgehead atoms. The summed E-state index contributed by atoms with van der Waals surface area (Å²) in [6.45, 7) is 4.23. The van der Waals surface area contributed by atoms with Crippen LogP contribution in [0.15, 0.2) is 79.0 Å². The molecule has 0 unspecified atom stereocenters. The second kappa shape index (κ2) is 8.82. The minimum absolute atomic E-state index is 0.101. The topological polar surface area (TPSA) is 33.1 Å². The molecule has 1 aliphatic rings. The molecule has 1 saturated heterocycles. The van der Waals surface area contributed by atoms with Gasteiger partial charge in [-0.15, -0.1) is 0 Å². The zero-order valence-electron chi connectivity index (χ0n) is 18.2. The number of anilines is 1. The smallest absolute Gasteiger partial charge is 0.174 e. The minimum Gasteiger partial charge on any atom is -0.351 e. The van der Waals surface area contributed by atoms with E-state index in [0.717, 1.165) is 34.0 Å². The standard InChI is InChI=1S/C26H22Cl2N4S/c1-16-15-20(17(2)31(16)23-9-4-3-7-21(23)28)25-24(22-8-5-6-14-29-22)30-26(33)32(25)19-12-10-18(27)11-13-19/h3-15,24-25H,1-2H3,(H,30,33)/t24-,25-/m0/s1. The third kappa shape index (κ3) is 3.90. The molecular formula is C26H22Cl2N4S. The second-order valence-electron chi connectivity index (χ2n) is 8.09. The number of rotatable bonds is 4. The monoisotopic (exact) mass is 492 g/mol. The molecule has 2 atom stereocenters. The van der Waals surface area contributed by atoms with Crippen LogP contribution in [0, 0.1) is 13.8 Å². The van der Waals surface area contributed by atoms with Crippen molar-refractivity contribution in [2.45, 2.75) is 25.9 Å². The SMILES string of the molecule is Cc1cc([C@H]2[C@H](c3ccccn3)NC(=S)N2c2ccc(Cl)cc2)c(C)n1-c1ccccc1Cl. The molecular weight excluding hydrogens is 471 g/mol. The Bertz CT molecular complexity index is 1320. The Morgan fingerprint density at radius 1 is 0.939 bits per heavy atom. The summed E-state index contributed by atoms with van der Waals surface area (Å²) in [5.74, 6) is 0. The molecule has 0 saturated carbocycles. The molecule has 0 spiro atoms. The Morgan fingerprint density at radius 3 is 2.36 bits per heavy atom. The number of halogens is 2. The van der Waals surface area contributed by atoms with E-state index in [2.05, 4.69) is 39.7 Å². The maximum absolute atomic E-state index is 6.57. The fourth-order valence-electron chi connectivity index (χ4n) is 4.64. The number of thiocarbonyl (C=S) groups is 1. The molecule has 1 N–H and O–H groups in total. The second-order valence-corrected chi connectivity index (χ2v) is 9.32. The highest BCUT2D eigenvalue weighted by molar-refractivity contribution is 7.80. The lowest BCUT2D eigenvalue weighted by molar-refractivity contribution is 0.565. The number of benzene rings is 2. The third-order valence-electron chi connectivity index (χ3n) is 6.09. The van der Waals surface area contributed by atoms with Crippen molar-refractivity contribution in [2.75, 3.05) is 4.90 Å². The first kappa shape index (κ1) is 22.0. The van der Waals surface area contributed by atoms with Crippen molar-refractivity contribution < 1.29 is 0 Å². The lowest BCUT2D eigenvalue weighted by atomic mass is 9.96. The Balaban J connectivity index is 1.69. The predicted molar refractivity (Wildman–Crippen MR) is 140 cm³/mol. The van der Waals surface area contributed by atoms with E-state index in [1.54, 1.807) is 0 Å². The van der Waals surface area contributed by atoms with Crippen molar-refractivity contribution >= 4 is 46.2 Å². The van der Waals surface area contributed by atoms with Gasteiger partial charge in [0.25, 0.3) is 0 Å². The van der Waals surface area contributed by atoms with Crippen LogP contribution in [-0.2, 0) is 0 Å². The summed E-state index contributed by atoms with van der Waals surface area (Å²) in [5.41, 5.74) is 6.24. The van der Waals surface area contributed by atoms with Gasteiger partial charge in [-0.1, -0.05) is 41.4 Å². The van der Waals surface area contributed by atoms with Gasteiger partial charge in [-0.25, -0.2) is 0 Å². The van der Waals surface area contributed by atoms with Crippen molar-refractivity contribution in [3.63, 3.8) is 0 Å². The van der Waals surface area contributed by atoms with Crippen LogP contribution in [-0.4, -0.2) is 14.7 Å². The molecule has 166 valence electrons. The summed E-state index contributed by atoms with van der Waals surface area (Å²) < 4.78 is 2.20. The molecule has 2 aromatic heterocycles. The number of aromatic nitrogens is 2. The van der Waals surface area contributed by atoms with Crippen molar-refractivity contribution in [1.82, 2.24) is 14.9 Å². The van der Waals surface area contributed by atoms with Crippen LogP contribution in [0.2, 0.25) is 10.0 Å². The van der Waals surface area contributed by atoms with Gasteiger partial charge in [-0.2, -0.15) is 0 Å². The number of hydrogen-bond acceptors (Lipinski definition) is 2. The van der Waals surface area contributed by atoms with Crippen molar-refractivity contribution in [3.05, 3.63) is 112 Å². The van der Waals surface area contributed by atoms with Gasteiger partial charge < -0.3 is 14.8 Å². The molecule has 2 aromatic carbocycles. The Labute approximate surface area is 208 Å². The summed E-state index contributed by atoms with van der Waals surface area (Å²) in [7, 11) is 0. The Kier molecular flexibility index (Phi) is 5.87. The zero-order valence-corrected chi connectivity index (χ0v) is 20.5. The van der Waals surface area contributed by atoms with E-state index in [1.807, 2.05) is 72.9 Å². The van der Waals surface area contributed by atoms with E-state index in [4.69, 9.17) is 35.4 Å².